The van der Waals surface area contributed by atoms with Crippen LogP contribution in [0, 0.1) is 0 Å². The standard InChI is InChI=1S/C6H10O4/c1-5-6(10-3-7-1)2-8-4-9-5/h5-6H,1-4H2. The van der Waals surface area contributed by atoms with Gasteiger partial charge in [0.25, 0.3) is 0 Å². The first-order valence-electron chi connectivity index (χ1n) is 3.35. The third-order valence-electron chi connectivity index (χ3n) is 1.71. The summed E-state index contributed by atoms with van der Waals surface area (Å²) in [7, 11) is 0. The van der Waals surface area contributed by atoms with Crippen molar-refractivity contribution in [1.82, 2.24) is 0 Å². The minimum Gasteiger partial charge on any atom is -0.353 e. The van der Waals surface area contributed by atoms with Crippen LogP contribution in [0.4, 0.5) is 0 Å². The molecule has 2 heterocycles. The van der Waals surface area contributed by atoms with E-state index in [4.69, 9.17) is 18.9 Å². The van der Waals surface area contributed by atoms with E-state index >= 15 is 0 Å². The molecule has 0 aromatic rings. The Balaban J connectivity index is 1.93. The summed E-state index contributed by atoms with van der Waals surface area (Å²) < 4.78 is 20.5. The van der Waals surface area contributed by atoms with Crippen molar-refractivity contribution >= 4 is 0 Å². The van der Waals surface area contributed by atoms with E-state index in [0.717, 1.165) is 0 Å². The molecule has 2 rings (SSSR count). The Labute approximate surface area is 59.0 Å². The van der Waals surface area contributed by atoms with Gasteiger partial charge in [0.2, 0.25) is 0 Å². The summed E-state index contributed by atoms with van der Waals surface area (Å²) in [5.41, 5.74) is 0. The molecule has 0 radical (unpaired) electrons. The second-order valence-corrected chi connectivity index (χ2v) is 2.39. The second-order valence-electron chi connectivity index (χ2n) is 2.39. The fraction of sp³-hybridized carbons (Fsp3) is 1.00. The third kappa shape index (κ3) is 1.15. The molecule has 0 aliphatic carbocycles. The van der Waals surface area contributed by atoms with Crippen LogP contribution in [-0.2, 0) is 18.9 Å². The second kappa shape index (κ2) is 2.84. The van der Waals surface area contributed by atoms with Gasteiger partial charge in [0, 0.05) is 0 Å². The van der Waals surface area contributed by atoms with E-state index in [-0.39, 0.29) is 12.2 Å². The largest absolute Gasteiger partial charge is 0.353 e. The zero-order chi connectivity index (χ0) is 6.81. The van der Waals surface area contributed by atoms with E-state index in [1.807, 2.05) is 0 Å². The average Bonchev–Trinajstić information content (AvgIpc) is 2.05. The summed E-state index contributed by atoms with van der Waals surface area (Å²) in [6, 6.07) is 0. The molecule has 2 aliphatic heterocycles. The van der Waals surface area contributed by atoms with Gasteiger partial charge in [-0.3, -0.25) is 0 Å². The summed E-state index contributed by atoms with van der Waals surface area (Å²) in [5, 5.41) is 0. The van der Waals surface area contributed by atoms with Gasteiger partial charge in [0.05, 0.1) is 13.2 Å². The highest BCUT2D eigenvalue weighted by Gasteiger charge is 2.30. The predicted octanol–water partition coefficient (Wildman–Crippen LogP) is -0.268. The minimum atomic E-state index is 0.0856. The van der Waals surface area contributed by atoms with Crippen molar-refractivity contribution in [2.75, 3.05) is 26.8 Å². The SMILES string of the molecule is C1OCC2OCOCC2O1. The third-order valence-corrected chi connectivity index (χ3v) is 1.71. The molecule has 2 fully saturated rings. The van der Waals surface area contributed by atoms with E-state index in [1.165, 1.54) is 0 Å². The van der Waals surface area contributed by atoms with Crippen LogP contribution in [0.25, 0.3) is 0 Å². The molecule has 2 aliphatic rings. The van der Waals surface area contributed by atoms with Crippen LogP contribution < -0.4 is 0 Å². The van der Waals surface area contributed by atoms with Gasteiger partial charge in [-0.25, -0.2) is 0 Å². The highest BCUT2D eigenvalue weighted by atomic mass is 16.7. The quantitative estimate of drug-likeness (QED) is 0.471. The molecule has 0 saturated carbocycles. The maximum absolute atomic E-state index is 5.21. The Kier molecular flexibility index (Phi) is 1.86. The topological polar surface area (TPSA) is 36.9 Å². The van der Waals surface area contributed by atoms with Crippen molar-refractivity contribution in [2.24, 2.45) is 0 Å². The lowest BCUT2D eigenvalue weighted by atomic mass is 10.2. The van der Waals surface area contributed by atoms with Gasteiger partial charge < -0.3 is 18.9 Å². The van der Waals surface area contributed by atoms with Gasteiger partial charge in [-0.15, -0.1) is 0 Å². The van der Waals surface area contributed by atoms with E-state index in [0.29, 0.717) is 26.8 Å². The Bertz CT molecular complexity index is 90.3. The molecule has 0 aromatic carbocycles. The Hall–Kier alpha value is -0.160. The van der Waals surface area contributed by atoms with Gasteiger partial charge in [-0.05, 0) is 0 Å². The van der Waals surface area contributed by atoms with Crippen molar-refractivity contribution in [2.45, 2.75) is 12.2 Å². The first-order valence-corrected chi connectivity index (χ1v) is 3.35. The van der Waals surface area contributed by atoms with Crippen molar-refractivity contribution < 1.29 is 18.9 Å². The zero-order valence-corrected chi connectivity index (χ0v) is 5.62. The molecule has 58 valence electrons. The number of hydrogen-bond acceptors (Lipinski definition) is 4. The highest BCUT2D eigenvalue weighted by Crippen LogP contribution is 2.14. The molecular formula is C6H10O4. The molecule has 0 aromatic heterocycles. The number of ether oxygens (including phenoxy) is 4. The van der Waals surface area contributed by atoms with Crippen LogP contribution >= 0.6 is 0 Å². The molecule has 2 saturated heterocycles. The van der Waals surface area contributed by atoms with Crippen molar-refractivity contribution in [1.29, 1.82) is 0 Å². The minimum absolute atomic E-state index is 0.0856. The highest BCUT2D eigenvalue weighted by molar-refractivity contribution is 4.73. The van der Waals surface area contributed by atoms with Gasteiger partial charge >= 0.3 is 0 Å². The monoisotopic (exact) mass is 146 g/mol. The molecule has 10 heavy (non-hydrogen) atoms. The molecular weight excluding hydrogens is 136 g/mol. The Morgan fingerprint density at radius 1 is 0.800 bits per heavy atom. The summed E-state index contributed by atoms with van der Waals surface area (Å²) in [6.45, 7) is 2.00. The molecule has 0 spiro atoms. The average molecular weight is 146 g/mol. The Morgan fingerprint density at radius 2 is 1.30 bits per heavy atom. The first-order chi connectivity index (χ1) is 4.97. The summed E-state index contributed by atoms with van der Waals surface area (Å²) in [6.07, 6.45) is 0.171. The van der Waals surface area contributed by atoms with Crippen LogP contribution in [0.3, 0.4) is 0 Å². The molecule has 2 atom stereocenters. The fourth-order valence-corrected chi connectivity index (χ4v) is 1.13. The normalized spacial score (nSPS) is 40.8. The van der Waals surface area contributed by atoms with Crippen LogP contribution in [0.1, 0.15) is 0 Å². The lowest BCUT2D eigenvalue weighted by Crippen LogP contribution is -2.47. The van der Waals surface area contributed by atoms with Crippen LogP contribution in [0.15, 0.2) is 0 Å². The molecule has 4 nitrogen and oxygen atoms in total. The smallest absolute Gasteiger partial charge is 0.147 e. The van der Waals surface area contributed by atoms with Gasteiger partial charge in [-0.1, -0.05) is 0 Å². The molecule has 0 amide bonds. The summed E-state index contributed by atoms with van der Waals surface area (Å²) in [4.78, 5) is 0. The maximum Gasteiger partial charge on any atom is 0.147 e. The number of rotatable bonds is 0. The van der Waals surface area contributed by atoms with Crippen molar-refractivity contribution in [3.8, 4) is 0 Å². The van der Waals surface area contributed by atoms with Crippen LogP contribution in [-0.4, -0.2) is 39.0 Å². The lowest BCUT2D eigenvalue weighted by molar-refractivity contribution is -0.276. The van der Waals surface area contributed by atoms with Crippen LogP contribution in [0.2, 0.25) is 0 Å². The van der Waals surface area contributed by atoms with E-state index in [2.05, 4.69) is 0 Å². The molecule has 0 N–H and O–H groups in total. The van der Waals surface area contributed by atoms with Gasteiger partial charge in [0.15, 0.2) is 0 Å². The first kappa shape index (κ1) is 6.54. The Morgan fingerprint density at radius 3 is 1.80 bits per heavy atom. The fourth-order valence-electron chi connectivity index (χ4n) is 1.13. The number of fused-ring (bicyclic) bond motifs is 1. The molecule has 2 unspecified atom stereocenters. The molecule has 0 bridgehead atoms. The lowest BCUT2D eigenvalue weighted by Gasteiger charge is -2.34. The van der Waals surface area contributed by atoms with Crippen molar-refractivity contribution in [3.05, 3.63) is 0 Å². The van der Waals surface area contributed by atoms with E-state index in [9.17, 15) is 0 Å². The van der Waals surface area contributed by atoms with Crippen molar-refractivity contribution in [3.63, 3.8) is 0 Å². The van der Waals surface area contributed by atoms with Gasteiger partial charge in [0.1, 0.15) is 25.8 Å². The predicted molar refractivity (Wildman–Crippen MR) is 31.4 cm³/mol. The molecule has 4 heteroatoms. The maximum atomic E-state index is 5.21. The summed E-state index contributed by atoms with van der Waals surface area (Å²) in [5.74, 6) is 0. The van der Waals surface area contributed by atoms with Crippen LogP contribution in [0.5, 0.6) is 0 Å². The summed E-state index contributed by atoms with van der Waals surface area (Å²) >= 11 is 0. The number of hydrogen-bond donors (Lipinski definition) is 0. The van der Waals surface area contributed by atoms with E-state index in [1.54, 1.807) is 0 Å². The van der Waals surface area contributed by atoms with E-state index < -0.39 is 0 Å². The van der Waals surface area contributed by atoms with Gasteiger partial charge in [-0.2, -0.15) is 0 Å². The zero-order valence-electron chi connectivity index (χ0n) is 5.62.